The molecule has 2 heteroatoms. The van der Waals surface area contributed by atoms with Crippen LogP contribution in [0.25, 0.3) is 0 Å². The fourth-order valence-corrected chi connectivity index (χ4v) is 3.00. The van der Waals surface area contributed by atoms with E-state index in [0.29, 0.717) is 5.54 Å². The topological polar surface area (TPSA) is 29.3 Å². The van der Waals surface area contributed by atoms with Gasteiger partial charge in [0.15, 0.2) is 0 Å². The summed E-state index contributed by atoms with van der Waals surface area (Å²) in [5, 5.41) is 0. The molecule has 0 radical (unpaired) electrons. The maximum absolute atomic E-state index is 6.02. The van der Waals surface area contributed by atoms with Crippen LogP contribution in [0.5, 0.6) is 0 Å². The standard InChI is InChI=1S/C12H24N2/c1-11-4-2-6-12(10-13,7-5-11)14-8-3-9-14/h11H,2-10,13H2,1H3. The van der Waals surface area contributed by atoms with Gasteiger partial charge in [-0.05, 0) is 44.7 Å². The van der Waals surface area contributed by atoms with Crippen LogP contribution in [-0.4, -0.2) is 30.1 Å². The molecule has 1 aliphatic heterocycles. The van der Waals surface area contributed by atoms with Crippen molar-refractivity contribution in [1.29, 1.82) is 0 Å². The van der Waals surface area contributed by atoms with Crippen LogP contribution in [-0.2, 0) is 0 Å². The lowest BCUT2D eigenvalue weighted by atomic mass is 9.85. The first-order valence-corrected chi connectivity index (χ1v) is 6.22. The molecule has 2 atom stereocenters. The average Bonchev–Trinajstić information content (AvgIpc) is 2.27. The lowest BCUT2D eigenvalue weighted by Crippen LogP contribution is -2.59. The Morgan fingerprint density at radius 1 is 1.21 bits per heavy atom. The molecular weight excluding hydrogens is 172 g/mol. The Morgan fingerprint density at radius 2 is 2.00 bits per heavy atom. The second-order valence-electron chi connectivity index (χ2n) is 5.31. The van der Waals surface area contributed by atoms with Gasteiger partial charge in [0.25, 0.3) is 0 Å². The lowest BCUT2D eigenvalue weighted by molar-refractivity contribution is 0.0224. The summed E-state index contributed by atoms with van der Waals surface area (Å²) in [6, 6.07) is 0. The largest absolute Gasteiger partial charge is 0.329 e. The zero-order valence-electron chi connectivity index (χ0n) is 9.47. The van der Waals surface area contributed by atoms with Gasteiger partial charge in [-0.15, -0.1) is 0 Å². The number of nitrogens with two attached hydrogens (primary N) is 1. The van der Waals surface area contributed by atoms with E-state index in [2.05, 4.69) is 11.8 Å². The minimum absolute atomic E-state index is 0.392. The van der Waals surface area contributed by atoms with Gasteiger partial charge in [-0.25, -0.2) is 0 Å². The second kappa shape index (κ2) is 4.19. The summed E-state index contributed by atoms with van der Waals surface area (Å²) in [4.78, 5) is 2.64. The van der Waals surface area contributed by atoms with E-state index in [1.807, 2.05) is 0 Å². The van der Waals surface area contributed by atoms with Crippen molar-refractivity contribution in [2.45, 2.75) is 51.0 Å². The molecule has 0 amide bonds. The number of rotatable bonds is 2. The van der Waals surface area contributed by atoms with Crippen molar-refractivity contribution in [2.24, 2.45) is 11.7 Å². The summed E-state index contributed by atoms with van der Waals surface area (Å²) in [7, 11) is 0. The Hall–Kier alpha value is -0.0800. The molecule has 0 spiro atoms. The Labute approximate surface area is 87.8 Å². The van der Waals surface area contributed by atoms with Gasteiger partial charge < -0.3 is 5.73 Å². The van der Waals surface area contributed by atoms with Crippen LogP contribution in [0.2, 0.25) is 0 Å². The van der Waals surface area contributed by atoms with Gasteiger partial charge in [-0.3, -0.25) is 4.90 Å². The van der Waals surface area contributed by atoms with Crippen molar-refractivity contribution in [3.8, 4) is 0 Å². The maximum Gasteiger partial charge on any atom is 0.0331 e. The highest BCUT2D eigenvalue weighted by atomic mass is 15.2. The Bertz CT molecular complexity index is 189. The quantitative estimate of drug-likeness (QED) is 0.684. The number of nitrogens with zero attached hydrogens (tertiary/aromatic N) is 1. The van der Waals surface area contributed by atoms with Crippen LogP contribution in [0, 0.1) is 5.92 Å². The third kappa shape index (κ3) is 1.82. The SMILES string of the molecule is CC1CCCC(CN)(N2CCC2)CC1. The Kier molecular flexibility index (Phi) is 3.13. The van der Waals surface area contributed by atoms with Crippen LogP contribution in [0.1, 0.15) is 45.4 Å². The molecule has 0 aromatic rings. The molecule has 2 N–H and O–H groups in total. The molecular formula is C12H24N2. The fourth-order valence-electron chi connectivity index (χ4n) is 3.00. The normalized spacial score (nSPS) is 40.3. The van der Waals surface area contributed by atoms with Gasteiger partial charge >= 0.3 is 0 Å². The third-order valence-electron chi connectivity index (χ3n) is 4.35. The van der Waals surface area contributed by atoms with Crippen LogP contribution in [0.15, 0.2) is 0 Å². The zero-order valence-corrected chi connectivity index (χ0v) is 9.47. The number of hydrogen-bond acceptors (Lipinski definition) is 2. The highest BCUT2D eigenvalue weighted by Gasteiger charge is 2.39. The smallest absolute Gasteiger partial charge is 0.0331 e. The molecule has 0 aromatic carbocycles. The van der Waals surface area contributed by atoms with Crippen molar-refractivity contribution in [3.63, 3.8) is 0 Å². The van der Waals surface area contributed by atoms with Gasteiger partial charge in [0, 0.05) is 12.1 Å². The molecule has 1 saturated carbocycles. The molecule has 2 fully saturated rings. The maximum atomic E-state index is 6.02. The van der Waals surface area contributed by atoms with E-state index in [-0.39, 0.29) is 0 Å². The van der Waals surface area contributed by atoms with E-state index in [4.69, 9.17) is 5.73 Å². The summed E-state index contributed by atoms with van der Waals surface area (Å²) in [6.45, 7) is 5.86. The highest BCUT2D eigenvalue weighted by molar-refractivity contribution is 4.96. The average molecular weight is 196 g/mol. The van der Waals surface area contributed by atoms with Gasteiger partial charge in [0.2, 0.25) is 0 Å². The van der Waals surface area contributed by atoms with E-state index >= 15 is 0 Å². The van der Waals surface area contributed by atoms with Crippen LogP contribution in [0.3, 0.4) is 0 Å². The molecule has 0 aromatic heterocycles. The molecule has 2 rings (SSSR count). The van der Waals surface area contributed by atoms with Crippen LogP contribution >= 0.6 is 0 Å². The van der Waals surface area contributed by atoms with Crippen molar-refractivity contribution >= 4 is 0 Å². The van der Waals surface area contributed by atoms with Gasteiger partial charge in [0.1, 0.15) is 0 Å². The monoisotopic (exact) mass is 196 g/mol. The molecule has 2 aliphatic rings. The third-order valence-corrected chi connectivity index (χ3v) is 4.35. The van der Waals surface area contributed by atoms with E-state index in [0.717, 1.165) is 12.5 Å². The fraction of sp³-hybridized carbons (Fsp3) is 1.00. The molecule has 2 unspecified atom stereocenters. The molecule has 1 heterocycles. The Balaban J connectivity index is 2.02. The van der Waals surface area contributed by atoms with E-state index in [9.17, 15) is 0 Å². The highest BCUT2D eigenvalue weighted by Crippen LogP contribution is 2.36. The van der Waals surface area contributed by atoms with Crippen LogP contribution < -0.4 is 5.73 Å². The van der Waals surface area contributed by atoms with Gasteiger partial charge in [-0.2, -0.15) is 0 Å². The predicted molar refractivity (Wildman–Crippen MR) is 60.2 cm³/mol. The van der Waals surface area contributed by atoms with Gasteiger partial charge in [-0.1, -0.05) is 19.8 Å². The predicted octanol–water partition coefficient (Wildman–Crippen LogP) is 1.99. The van der Waals surface area contributed by atoms with Crippen molar-refractivity contribution in [1.82, 2.24) is 4.90 Å². The molecule has 1 aliphatic carbocycles. The molecule has 1 saturated heterocycles. The lowest BCUT2D eigenvalue weighted by Gasteiger charge is -2.48. The summed E-state index contributed by atoms with van der Waals surface area (Å²) in [5.41, 5.74) is 6.41. The van der Waals surface area contributed by atoms with Crippen molar-refractivity contribution in [3.05, 3.63) is 0 Å². The van der Waals surface area contributed by atoms with Gasteiger partial charge in [0.05, 0.1) is 0 Å². The van der Waals surface area contributed by atoms with E-state index in [1.165, 1.54) is 51.6 Å². The summed E-state index contributed by atoms with van der Waals surface area (Å²) in [6.07, 6.45) is 8.24. The molecule has 82 valence electrons. The minimum atomic E-state index is 0.392. The summed E-state index contributed by atoms with van der Waals surface area (Å²) >= 11 is 0. The first kappa shape index (κ1) is 10.4. The first-order chi connectivity index (χ1) is 6.77. The Morgan fingerprint density at radius 3 is 2.57 bits per heavy atom. The zero-order chi connectivity index (χ0) is 10.0. The van der Waals surface area contributed by atoms with E-state index in [1.54, 1.807) is 0 Å². The minimum Gasteiger partial charge on any atom is -0.329 e. The molecule has 0 bridgehead atoms. The second-order valence-corrected chi connectivity index (χ2v) is 5.31. The number of likely N-dealkylation sites (tertiary alicyclic amines) is 1. The van der Waals surface area contributed by atoms with Crippen molar-refractivity contribution < 1.29 is 0 Å². The summed E-state index contributed by atoms with van der Waals surface area (Å²) in [5.74, 6) is 0.921. The van der Waals surface area contributed by atoms with Crippen LogP contribution in [0.4, 0.5) is 0 Å². The summed E-state index contributed by atoms with van der Waals surface area (Å²) < 4.78 is 0. The molecule has 2 nitrogen and oxygen atoms in total. The number of hydrogen-bond donors (Lipinski definition) is 1. The molecule has 14 heavy (non-hydrogen) atoms. The first-order valence-electron chi connectivity index (χ1n) is 6.22. The van der Waals surface area contributed by atoms with Crippen molar-refractivity contribution in [2.75, 3.05) is 19.6 Å². The van der Waals surface area contributed by atoms with E-state index < -0.39 is 0 Å².